The molecular weight excluding hydrogens is 388 g/mol. The number of pyridine rings is 2. The molecule has 3 aromatic heterocycles. The van der Waals surface area contributed by atoms with Gasteiger partial charge < -0.3 is 24.5 Å². The Kier molecular flexibility index (Phi) is 6.07. The zero-order valence-electron chi connectivity index (χ0n) is 14.9. The summed E-state index contributed by atoms with van der Waals surface area (Å²) in [5.74, 6) is -0.936. The third-order valence-corrected chi connectivity index (χ3v) is 4.04. The molecule has 3 aromatic rings. The number of aromatic carboxylic acids is 1. The minimum absolute atomic E-state index is 0.0370. The smallest absolute Gasteiger partial charge is 0.352 e. The number of carboxylic acid groups (broad SMARTS) is 1. The summed E-state index contributed by atoms with van der Waals surface area (Å²) in [6.07, 6.45) is 2.87. The van der Waals surface area contributed by atoms with Gasteiger partial charge in [-0.25, -0.2) is 14.8 Å². The lowest BCUT2D eigenvalue weighted by Crippen LogP contribution is -2.21. The zero-order chi connectivity index (χ0) is 20.1. The molecular formula is C18H17ClN4O5. The van der Waals surface area contributed by atoms with E-state index in [9.17, 15) is 14.7 Å². The predicted molar refractivity (Wildman–Crippen MR) is 102 cm³/mol. The van der Waals surface area contributed by atoms with E-state index in [1.165, 1.54) is 23.0 Å². The standard InChI is InChI=1S/C18H17ClN4O5/c1-27-4-5-28-17-7-11-6-13(18(25)26)23(14(11)9-21-17)10-16(24)22-15-3-2-12(19)8-20-15/h2-3,6-9H,4-5,10H2,1H3,(H,25,26)(H,20,22,24). The van der Waals surface area contributed by atoms with Gasteiger partial charge in [0, 0.05) is 24.8 Å². The number of nitrogens with zero attached hydrogens (tertiary/aromatic N) is 3. The highest BCUT2D eigenvalue weighted by Crippen LogP contribution is 2.23. The molecule has 3 rings (SSSR count). The van der Waals surface area contributed by atoms with Gasteiger partial charge in [-0.3, -0.25) is 4.79 Å². The molecule has 0 fully saturated rings. The van der Waals surface area contributed by atoms with Crippen molar-refractivity contribution in [2.75, 3.05) is 25.6 Å². The van der Waals surface area contributed by atoms with Crippen LogP contribution in [0.5, 0.6) is 5.88 Å². The number of carboxylic acids is 1. The third kappa shape index (κ3) is 4.56. The van der Waals surface area contributed by atoms with Crippen LogP contribution in [0.15, 0.2) is 36.7 Å². The predicted octanol–water partition coefficient (Wildman–Crippen LogP) is 2.45. The highest BCUT2D eigenvalue weighted by atomic mass is 35.5. The molecule has 10 heteroatoms. The van der Waals surface area contributed by atoms with Gasteiger partial charge in [-0.05, 0) is 18.2 Å². The number of hydrogen-bond donors (Lipinski definition) is 2. The summed E-state index contributed by atoms with van der Waals surface area (Å²) < 4.78 is 11.7. The van der Waals surface area contributed by atoms with E-state index in [-0.39, 0.29) is 12.2 Å². The summed E-state index contributed by atoms with van der Waals surface area (Å²) in [6.45, 7) is 0.499. The highest BCUT2D eigenvalue weighted by molar-refractivity contribution is 6.30. The SMILES string of the molecule is COCCOc1cc2cc(C(=O)O)n(CC(=O)Nc3ccc(Cl)cn3)c2cn1. The number of fused-ring (bicyclic) bond motifs is 1. The molecule has 0 aliphatic carbocycles. The van der Waals surface area contributed by atoms with Crippen molar-refractivity contribution >= 4 is 40.2 Å². The average molecular weight is 405 g/mol. The first-order valence-corrected chi connectivity index (χ1v) is 8.61. The molecule has 0 unspecified atom stereocenters. The van der Waals surface area contributed by atoms with Crippen molar-refractivity contribution < 1.29 is 24.2 Å². The molecule has 0 radical (unpaired) electrons. The van der Waals surface area contributed by atoms with Crippen LogP contribution in [-0.2, 0) is 16.1 Å². The van der Waals surface area contributed by atoms with Crippen molar-refractivity contribution in [1.82, 2.24) is 14.5 Å². The number of carbonyl (C=O) groups is 2. The summed E-state index contributed by atoms with van der Waals surface area (Å²) in [7, 11) is 1.56. The number of halogens is 1. The largest absolute Gasteiger partial charge is 0.477 e. The van der Waals surface area contributed by atoms with Gasteiger partial charge in [0.15, 0.2) is 0 Å². The van der Waals surface area contributed by atoms with Crippen LogP contribution < -0.4 is 10.1 Å². The van der Waals surface area contributed by atoms with Crippen LogP contribution in [-0.4, -0.2) is 51.8 Å². The molecule has 9 nitrogen and oxygen atoms in total. The Bertz CT molecular complexity index is 1000. The molecule has 2 N–H and O–H groups in total. The second-order valence-corrected chi connectivity index (χ2v) is 6.19. The summed E-state index contributed by atoms with van der Waals surface area (Å²) in [5, 5.41) is 13.1. The number of methoxy groups -OCH3 is 1. The number of amides is 1. The Labute approximate surface area is 164 Å². The number of ether oxygens (including phenoxy) is 2. The van der Waals surface area contributed by atoms with Gasteiger partial charge in [0.25, 0.3) is 0 Å². The molecule has 146 valence electrons. The normalized spacial score (nSPS) is 10.8. The van der Waals surface area contributed by atoms with Crippen LogP contribution in [0.3, 0.4) is 0 Å². The Morgan fingerprint density at radius 1 is 1.21 bits per heavy atom. The molecule has 0 bridgehead atoms. The summed E-state index contributed by atoms with van der Waals surface area (Å²) >= 11 is 5.77. The van der Waals surface area contributed by atoms with Crippen LogP contribution in [0, 0.1) is 0 Å². The lowest BCUT2D eigenvalue weighted by molar-refractivity contribution is -0.116. The molecule has 1 amide bonds. The lowest BCUT2D eigenvalue weighted by Gasteiger charge is -2.09. The van der Waals surface area contributed by atoms with E-state index >= 15 is 0 Å². The first-order chi connectivity index (χ1) is 13.5. The molecule has 0 atom stereocenters. The van der Waals surface area contributed by atoms with Gasteiger partial charge in [0.1, 0.15) is 24.7 Å². The zero-order valence-corrected chi connectivity index (χ0v) is 15.6. The number of nitrogens with one attached hydrogen (secondary N) is 1. The van der Waals surface area contributed by atoms with Crippen LogP contribution >= 0.6 is 11.6 Å². The van der Waals surface area contributed by atoms with E-state index in [1.54, 1.807) is 25.3 Å². The van der Waals surface area contributed by atoms with Crippen molar-refractivity contribution in [3.63, 3.8) is 0 Å². The van der Waals surface area contributed by atoms with E-state index < -0.39 is 11.9 Å². The summed E-state index contributed by atoms with van der Waals surface area (Å²) in [4.78, 5) is 32.1. The minimum Gasteiger partial charge on any atom is -0.477 e. The topological polar surface area (TPSA) is 116 Å². The third-order valence-electron chi connectivity index (χ3n) is 3.82. The second-order valence-electron chi connectivity index (χ2n) is 5.75. The van der Waals surface area contributed by atoms with Crippen LogP contribution in [0.4, 0.5) is 5.82 Å². The Morgan fingerprint density at radius 2 is 2.04 bits per heavy atom. The first kappa shape index (κ1) is 19.6. The average Bonchev–Trinajstić information content (AvgIpc) is 3.02. The van der Waals surface area contributed by atoms with Crippen LogP contribution in [0.25, 0.3) is 10.9 Å². The molecule has 0 spiro atoms. The van der Waals surface area contributed by atoms with Gasteiger partial charge in [-0.1, -0.05) is 11.6 Å². The Balaban J connectivity index is 1.83. The monoisotopic (exact) mass is 404 g/mol. The van der Waals surface area contributed by atoms with E-state index in [2.05, 4.69) is 15.3 Å². The highest BCUT2D eigenvalue weighted by Gasteiger charge is 2.18. The van der Waals surface area contributed by atoms with Crippen molar-refractivity contribution in [2.24, 2.45) is 0 Å². The molecule has 0 aliphatic heterocycles. The number of carbonyl (C=O) groups excluding carboxylic acids is 1. The van der Waals surface area contributed by atoms with Crippen molar-refractivity contribution in [3.8, 4) is 5.88 Å². The second kappa shape index (κ2) is 8.68. The number of rotatable bonds is 8. The van der Waals surface area contributed by atoms with Gasteiger partial charge >= 0.3 is 5.97 Å². The number of hydrogen-bond acceptors (Lipinski definition) is 6. The van der Waals surface area contributed by atoms with Gasteiger partial charge in [-0.15, -0.1) is 0 Å². The van der Waals surface area contributed by atoms with E-state index in [0.717, 1.165) is 0 Å². The molecule has 0 saturated heterocycles. The fourth-order valence-corrected chi connectivity index (χ4v) is 2.68. The molecule has 3 heterocycles. The van der Waals surface area contributed by atoms with Crippen molar-refractivity contribution in [3.05, 3.63) is 47.4 Å². The number of anilines is 1. The van der Waals surface area contributed by atoms with Gasteiger partial charge in [-0.2, -0.15) is 0 Å². The van der Waals surface area contributed by atoms with E-state index in [1.807, 2.05) is 0 Å². The van der Waals surface area contributed by atoms with Crippen LogP contribution in [0.1, 0.15) is 10.5 Å². The maximum atomic E-state index is 12.4. The molecule has 28 heavy (non-hydrogen) atoms. The summed E-state index contributed by atoms with van der Waals surface area (Å²) in [5.41, 5.74) is 0.459. The fraction of sp³-hybridized carbons (Fsp3) is 0.222. The van der Waals surface area contributed by atoms with Crippen LogP contribution in [0.2, 0.25) is 5.02 Å². The minimum atomic E-state index is -1.16. The van der Waals surface area contributed by atoms with E-state index in [4.69, 9.17) is 21.1 Å². The van der Waals surface area contributed by atoms with Crippen molar-refractivity contribution in [1.29, 1.82) is 0 Å². The van der Waals surface area contributed by atoms with Crippen molar-refractivity contribution in [2.45, 2.75) is 6.54 Å². The molecule has 0 aliphatic rings. The molecule has 0 aromatic carbocycles. The lowest BCUT2D eigenvalue weighted by atomic mass is 10.3. The Hall–Kier alpha value is -3.17. The summed E-state index contributed by atoms with van der Waals surface area (Å²) in [6, 6.07) is 6.23. The fourth-order valence-electron chi connectivity index (χ4n) is 2.57. The van der Waals surface area contributed by atoms with Gasteiger partial charge in [0.2, 0.25) is 11.8 Å². The first-order valence-electron chi connectivity index (χ1n) is 8.23. The number of aromatic nitrogens is 3. The molecule has 0 saturated carbocycles. The Morgan fingerprint density at radius 3 is 2.71 bits per heavy atom. The van der Waals surface area contributed by atoms with Gasteiger partial charge in [0.05, 0.1) is 23.3 Å². The maximum absolute atomic E-state index is 12.4. The quantitative estimate of drug-likeness (QED) is 0.554. The maximum Gasteiger partial charge on any atom is 0.352 e. The van der Waals surface area contributed by atoms with E-state index in [0.29, 0.717) is 40.8 Å².